The van der Waals surface area contributed by atoms with Gasteiger partial charge in [0.15, 0.2) is 6.29 Å². The van der Waals surface area contributed by atoms with Crippen molar-refractivity contribution in [2.45, 2.75) is 403 Å². The van der Waals surface area contributed by atoms with Crippen molar-refractivity contribution in [3.8, 4) is 0 Å². The van der Waals surface area contributed by atoms with Crippen molar-refractivity contribution in [3.63, 3.8) is 0 Å². The molecule has 0 bridgehead atoms. The Morgan fingerprint density at radius 2 is 0.758 bits per heavy atom. The van der Waals surface area contributed by atoms with Crippen molar-refractivity contribution >= 4 is 11.9 Å². The molecule has 1 aliphatic rings. The summed E-state index contributed by atoms with van der Waals surface area (Å²) in [7, 11) is 0. The Hall–Kier alpha value is -2.90. The van der Waals surface area contributed by atoms with Crippen LogP contribution in [-0.4, -0.2) is 100 Å². The van der Waals surface area contributed by atoms with Gasteiger partial charge in [-0.15, -0.1) is 0 Å². The number of hydrogen-bond donors (Lipinski definition) is 6. The largest absolute Gasteiger partial charge is 0.466 e. The van der Waals surface area contributed by atoms with E-state index >= 15 is 0 Å². The number of amides is 1. The summed E-state index contributed by atoms with van der Waals surface area (Å²) in [5.41, 5.74) is 0. The monoisotopic (exact) mass is 1280 g/mol. The summed E-state index contributed by atoms with van der Waals surface area (Å²) >= 11 is 0. The molecular formula is C80H145NO10. The second kappa shape index (κ2) is 68.5. The summed E-state index contributed by atoms with van der Waals surface area (Å²) in [6, 6.07) is -0.834. The molecule has 6 N–H and O–H groups in total. The van der Waals surface area contributed by atoms with E-state index < -0.39 is 49.5 Å². The smallest absolute Gasteiger partial charge is 0.305 e. The maximum absolute atomic E-state index is 13.1. The van der Waals surface area contributed by atoms with Gasteiger partial charge in [-0.05, 0) is 109 Å². The number of unbranched alkanes of at least 4 members (excludes halogenated alkanes) is 44. The van der Waals surface area contributed by atoms with Gasteiger partial charge in [0.05, 0.1) is 32.0 Å². The fourth-order valence-electron chi connectivity index (χ4n) is 11.9. The summed E-state index contributed by atoms with van der Waals surface area (Å²) in [5.74, 6) is -0.190. The van der Waals surface area contributed by atoms with Crippen molar-refractivity contribution in [2.75, 3.05) is 19.8 Å². The highest BCUT2D eigenvalue weighted by Crippen LogP contribution is 2.23. The highest BCUT2D eigenvalue weighted by Gasteiger charge is 2.44. The molecule has 91 heavy (non-hydrogen) atoms. The molecule has 1 amide bonds. The number of allylic oxidation sites excluding steroid dienone is 11. The van der Waals surface area contributed by atoms with Gasteiger partial charge in [0, 0.05) is 12.8 Å². The summed E-state index contributed by atoms with van der Waals surface area (Å²) in [6.07, 6.45) is 83.6. The van der Waals surface area contributed by atoms with Gasteiger partial charge in [0.2, 0.25) is 5.91 Å². The third-order valence-corrected chi connectivity index (χ3v) is 18.0. The molecule has 530 valence electrons. The van der Waals surface area contributed by atoms with Crippen LogP contribution >= 0.6 is 0 Å². The lowest BCUT2D eigenvalue weighted by molar-refractivity contribution is -0.302. The first-order chi connectivity index (χ1) is 44.7. The van der Waals surface area contributed by atoms with Crippen LogP contribution in [0.5, 0.6) is 0 Å². The summed E-state index contributed by atoms with van der Waals surface area (Å²) in [5, 5.41) is 54.5. The van der Waals surface area contributed by atoms with Crippen LogP contribution in [0.25, 0.3) is 0 Å². The first-order valence-corrected chi connectivity index (χ1v) is 38.7. The molecule has 1 aliphatic heterocycles. The lowest BCUT2D eigenvalue weighted by Crippen LogP contribution is -2.60. The second-order valence-corrected chi connectivity index (χ2v) is 26.7. The van der Waals surface area contributed by atoms with Crippen molar-refractivity contribution in [3.05, 3.63) is 72.9 Å². The Labute approximate surface area is 560 Å². The number of ether oxygens (including phenoxy) is 3. The number of carbonyl (C=O) groups excluding carboxylic acids is 2. The van der Waals surface area contributed by atoms with Gasteiger partial charge in [-0.2, -0.15) is 0 Å². The van der Waals surface area contributed by atoms with E-state index in [0.717, 1.165) is 77.0 Å². The predicted octanol–water partition coefficient (Wildman–Crippen LogP) is 20.6. The number of carbonyl (C=O) groups is 2. The van der Waals surface area contributed by atoms with Crippen LogP contribution in [0.1, 0.15) is 361 Å². The third kappa shape index (κ3) is 57.1. The topological polar surface area (TPSA) is 175 Å². The van der Waals surface area contributed by atoms with E-state index in [1.54, 1.807) is 6.08 Å². The van der Waals surface area contributed by atoms with Crippen molar-refractivity contribution in [1.29, 1.82) is 0 Å². The molecular weight excluding hydrogens is 1130 g/mol. The van der Waals surface area contributed by atoms with Gasteiger partial charge in [-0.25, -0.2) is 0 Å². The first-order valence-electron chi connectivity index (χ1n) is 38.7. The highest BCUT2D eigenvalue weighted by atomic mass is 16.7. The van der Waals surface area contributed by atoms with Crippen molar-refractivity contribution in [2.24, 2.45) is 0 Å². The minimum Gasteiger partial charge on any atom is -0.466 e. The molecule has 7 atom stereocenters. The minimum absolute atomic E-state index is 0.00297. The van der Waals surface area contributed by atoms with E-state index in [1.807, 2.05) is 6.08 Å². The zero-order valence-electron chi connectivity index (χ0n) is 59.1. The number of aliphatic hydroxyl groups is 5. The molecule has 7 unspecified atom stereocenters. The molecule has 1 fully saturated rings. The van der Waals surface area contributed by atoms with Crippen LogP contribution < -0.4 is 5.32 Å². The van der Waals surface area contributed by atoms with Gasteiger partial charge < -0.3 is 45.1 Å². The summed E-state index contributed by atoms with van der Waals surface area (Å²) < 4.78 is 16.7. The number of rotatable bonds is 68. The predicted molar refractivity (Wildman–Crippen MR) is 384 cm³/mol. The first kappa shape index (κ1) is 86.1. The summed E-state index contributed by atoms with van der Waals surface area (Å²) in [6.45, 7) is 4.28. The maximum atomic E-state index is 13.1. The Bertz CT molecular complexity index is 1740. The maximum Gasteiger partial charge on any atom is 0.305 e. The van der Waals surface area contributed by atoms with Gasteiger partial charge in [0.25, 0.3) is 0 Å². The van der Waals surface area contributed by atoms with E-state index in [0.29, 0.717) is 19.4 Å². The molecule has 0 aromatic carbocycles. The second-order valence-electron chi connectivity index (χ2n) is 26.7. The van der Waals surface area contributed by atoms with Gasteiger partial charge in [-0.1, -0.05) is 311 Å². The average Bonchev–Trinajstić information content (AvgIpc) is 1.18. The van der Waals surface area contributed by atoms with Gasteiger partial charge >= 0.3 is 5.97 Å². The molecule has 11 nitrogen and oxygen atoms in total. The highest BCUT2D eigenvalue weighted by molar-refractivity contribution is 5.76. The fourth-order valence-corrected chi connectivity index (χ4v) is 11.9. The lowest BCUT2D eigenvalue weighted by atomic mass is 9.99. The Balaban J connectivity index is 1.93. The zero-order chi connectivity index (χ0) is 65.8. The van der Waals surface area contributed by atoms with Crippen LogP contribution in [0.15, 0.2) is 72.9 Å². The van der Waals surface area contributed by atoms with Crippen molar-refractivity contribution in [1.82, 2.24) is 5.32 Å². The van der Waals surface area contributed by atoms with E-state index in [2.05, 4.69) is 79.9 Å². The van der Waals surface area contributed by atoms with Gasteiger partial charge in [0.1, 0.15) is 24.4 Å². The normalized spacial score (nSPS) is 18.0. The number of esters is 1. The molecule has 1 saturated heterocycles. The number of nitrogens with one attached hydrogen (secondary N) is 1. The lowest BCUT2D eigenvalue weighted by Gasteiger charge is -2.40. The molecule has 0 spiro atoms. The van der Waals surface area contributed by atoms with E-state index in [9.17, 15) is 35.1 Å². The zero-order valence-corrected chi connectivity index (χ0v) is 59.1. The Kier molecular flexibility index (Phi) is 64.8. The minimum atomic E-state index is -1.58. The SMILES string of the molecule is CCCC/C=C\CCCCCCCC(=O)OCCCCCCCCCCCCCCCCC/C=C\C/C=C\CCCCCCCCCCCCCCCCCCCC(=O)NC(COC1OC(CO)C(O)C(O)C1O)C(O)/C=C/CC/C=C/CC/C=C/CCCCC. The van der Waals surface area contributed by atoms with Crippen LogP contribution in [-0.2, 0) is 23.8 Å². The van der Waals surface area contributed by atoms with Crippen LogP contribution in [0, 0.1) is 0 Å². The summed E-state index contributed by atoms with van der Waals surface area (Å²) in [4.78, 5) is 25.1. The quantitative estimate of drug-likeness (QED) is 0.0195. The standard InChI is InChI=1S/C80H145NO10/c1-3-5-7-9-11-13-15-43-47-50-54-58-62-66-73(83)72(71-90-80-79(88)78(87)77(86)74(70-82)91-80)81-75(84)67-63-59-55-51-48-44-41-39-37-35-33-31-29-27-25-23-21-19-17-16-18-20-22-24-26-28-30-32-34-36-38-40-42-45-49-53-57-61-65-69-89-76(85)68-64-60-56-52-46-14-12-10-8-6-4-2/h10-13,16-17,20,22,47,50,62,66,72-74,77-80,82-83,86-88H,3-9,14-15,18-19,21,23-46,48-49,51-61,63-65,67-71H2,1-2H3,(H,81,84)/b12-10-,13-11+,17-16-,22-20-,50-47+,66-62+. The van der Waals surface area contributed by atoms with E-state index in [1.165, 1.54) is 257 Å². The molecule has 0 aromatic heterocycles. The van der Waals surface area contributed by atoms with Crippen LogP contribution in [0.3, 0.4) is 0 Å². The fraction of sp³-hybridized carbons (Fsp3) is 0.825. The van der Waals surface area contributed by atoms with Gasteiger partial charge in [-0.3, -0.25) is 9.59 Å². The van der Waals surface area contributed by atoms with E-state index in [-0.39, 0.29) is 18.5 Å². The molecule has 11 heteroatoms. The van der Waals surface area contributed by atoms with Crippen LogP contribution in [0.4, 0.5) is 0 Å². The molecule has 1 heterocycles. The third-order valence-electron chi connectivity index (χ3n) is 18.0. The molecule has 1 rings (SSSR count). The Morgan fingerprint density at radius 1 is 0.407 bits per heavy atom. The van der Waals surface area contributed by atoms with Crippen molar-refractivity contribution < 1.29 is 49.3 Å². The van der Waals surface area contributed by atoms with E-state index in [4.69, 9.17) is 14.2 Å². The molecule has 0 radical (unpaired) electrons. The molecule has 0 saturated carbocycles. The average molecular weight is 1280 g/mol. The molecule has 0 aromatic rings. The number of aliphatic hydroxyl groups excluding tert-OH is 5. The van der Waals surface area contributed by atoms with Crippen LogP contribution in [0.2, 0.25) is 0 Å². The molecule has 0 aliphatic carbocycles. The Morgan fingerprint density at radius 3 is 1.19 bits per heavy atom. The number of hydrogen-bond acceptors (Lipinski definition) is 10.